The van der Waals surface area contributed by atoms with Crippen LogP contribution in [-0.2, 0) is 4.74 Å². The zero-order chi connectivity index (χ0) is 16.7. The highest BCUT2D eigenvalue weighted by Gasteiger charge is 2.03. The van der Waals surface area contributed by atoms with E-state index >= 15 is 0 Å². The molecule has 0 heterocycles. The number of thiol groups is 1. The lowest BCUT2D eigenvalue weighted by Crippen LogP contribution is -2.30. The van der Waals surface area contributed by atoms with Crippen LogP contribution in [0.4, 0.5) is 4.79 Å². The maximum atomic E-state index is 9.09. The molecule has 1 amide bonds. The molecule has 6 heteroatoms. The van der Waals surface area contributed by atoms with E-state index in [4.69, 9.17) is 21.7 Å². The predicted molar refractivity (Wildman–Crippen MR) is 96.9 cm³/mol. The fraction of sp³-hybridized carbons (Fsp3) is 0.467. The van der Waals surface area contributed by atoms with Crippen LogP contribution in [0.2, 0.25) is 0 Å². The first-order chi connectivity index (χ1) is 9.88. The number of benzene rings is 1. The molecular weight excluding hydrogens is 304 g/mol. The Kier molecular flexibility index (Phi) is 15.9. The Balaban J connectivity index is 0. The highest BCUT2D eigenvalue weighted by Crippen LogP contribution is 1.93. The number of ether oxygens (including phenoxy) is 1. The normalized spacial score (nSPS) is 8.43. The van der Waals surface area contributed by atoms with E-state index < -0.39 is 5.24 Å². The van der Waals surface area contributed by atoms with Crippen molar-refractivity contribution in [1.82, 2.24) is 4.90 Å². The molecule has 21 heavy (non-hydrogen) atoms. The number of aryl methyl sites for hydroxylation is 1. The minimum atomic E-state index is -0.639. The van der Waals surface area contributed by atoms with Crippen LogP contribution in [0.25, 0.3) is 0 Å². The maximum absolute atomic E-state index is 9.09. The molecule has 0 bridgehead atoms. The number of hydrogen-bond donors (Lipinski definition) is 2. The van der Waals surface area contributed by atoms with Crippen molar-refractivity contribution in [2.75, 3.05) is 19.7 Å². The molecule has 0 spiro atoms. The van der Waals surface area contributed by atoms with Crippen LogP contribution >= 0.6 is 24.8 Å². The summed E-state index contributed by atoms with van der Waals surface area (Å²) in [4.78, 5) is 11.1. The second-order valence-corrected chi connectivity index (χ2v) is 4.65. The fourth-order valence-corrected chi connectivity index (χ4v) is 1.61. The van der Waals surface area contributed by atoms with Crippen molar-refractivity contribution in [2.24, 2.45) is 5.73 Å². The average Bonchev–Trinajstić information content (AvgIpc) is 2.41. The molecule has 0 aliphatic rings. The molecule has 0 aliphatic carbocycles. The number of thiocarbonyl (C=S) groups is 1. The van der Waals surface area contributed by atoms with E-state index in [1.54, 1.807) is 0 Å². The number of nitrogens with zero attached hydrogens (tertiary/aromatic N) is 1. The molecule has 0 fully saturated rings. The van der Waals surface area contributed by atoms with Crippen molar-refractivity contribution < 1.29 is 9.53 Å². The summed E-state index contributed by atoms with van der Waals surface area (Å²) in [6.07, 6.45) is 0. The minimum absolute atomic E-state index is 0.618. The zero-order valence-corrected chi connectivity index (χ0v) is 14.9. The third-order valence-corrected chi connectivity index (χ3v) is 2.61. The van der Waals surface area contributed by atoms with E-state index in [9.17, 15) is 0 Å². The smallest absolute Gasteiger partial charge is 0.273 e. The average molecular weight is 331 g/mol. The standard InChI is InChI=1S/C7H15NOS.C7H8.CH3NOS/c1-4-8(5-2)7(10)9-6-3;1-7-5-3-2-4-6-7;2-1(3)4/h4-6H2,1-3H3;2-6H,1H3;(H3,2,3,4). The van der Waals surface area contributed by atoms with E-state index in [0.717, 1.165) is 13.1 Å². The molecule has 0 aliphatic heterocycles. The maximum Gasteiger partial charge on any atom is 0.273 e. The van der Waals surface area contributed by atoms with Crippen LogP contribution in [-0.4, -0.2) is 35.0 Å². The fourth-order valence-electron chi connectivity index (χ4n) is 1.23. The molecule has 2 N–H and O–H groups in total. The third kappa shape index (κ3) is 16.7. The van der Waals surface area contributed by atoms with Gasteiger partial charge < -0.3 is 15.4 Å². The summed E-state index contributed by atoms with van der Waals surface area (Å²) in [5.41, 5.74) is 5.66. The number of nitrogens with two attached hydrogens (primary N) is 1. The molecule has 0 radical (unpaired) electrons. The lowest BCUT2D eigenvalue weighted by atomic mass is 10.2. The van der Waals surface area contributed by atoms with Crippen LogP contribution in [0, 0.1) is 6.92 Å². The van der Waals surface area contributed by atoms with E-state index in [0.29, 0.717) is 11.8 Å². The first-order valence-electron chi connectivity index (χ1n) is 6.80. The molecule has 0 saturated carbocycles. The first kappa shape index (κ1) is 22.0. The van der Waals surface area contributed by atoms with Crippen molar-refractivity contribution in [3.05, 3.63) is 35.9 Å². The van der Waals surface area contributed by atoms with Gasteiger partial charge in [0.1, 0.15) is 0 Å². The third-order valence-electron chi connectivity index (χ3n) is 2.23. The molecule has 0 saturated heterocycles. The Morgan fingerprint density at radius 1 is 1.24 bits per heavy atom. The number of carbonyl (C=O) groups excluding carboxylic acids is 1. The number of carbonyl (C=O) groups is 1. The second kappa shape index (κ2) is 15.1. The van der Waals surface area contributed by atoms with Gasteiger partial charge in [-0.15, -0.1) is 0 Å². The molecule has 1 aromatic carbocycles. The Morgan fingerprint density at radius 3 is 1.90 bits per heavy atom. The van der Waals surface area contributed by atoms with E-state index in [1.807, 2.05) is 30.0 Å². The van der Waals surface area contributed by atoms with Gasteiger partial charge in [0.2, 0.25) is 0 Å². The van der Waals surface area contributed by atoms with Gasteiger partial charge in [-0.25, -0.2) is 0 Å². The lowest BCUT2D eigenvalue weighted by molar-refractivity contribution is 0.264. The van der Waals surface area contributed by atoms with Crippen molar-refractivity contribution in [3.8, 4) is 0 Å². The van der Waals surface area contributed by atoms with Gasteiger partial charge in [-0.3, -0.25) is 4.79 Å². The SMILES string of the molecule is CCOC(=S)N(CC)CC.Cc1ccccc1.NC(=O)S. The summed E-state index contributed by atoms with van der Waals surface area (Å²) in [6, 6.07) is 10.3. The Bertz CT molecular complexity index is 379. The second-order valence-electron chi connectivity index (χ2n) is 3.86. The van der Waals surface area contributed by atoms with Gasteiger partial charge in [0.25, 0.3) is 10.4 Å². The van der Waals surface area contributed by atoms with Gasteiger partial charge in [0.15, 0.2) is 0 Å². The summed E-state index contributed by atoms with van der Waals surface area (Å²) in [5.74, 6) is 0. The van der Waals surface area contributed by atoms with Gasteiger partial charge in [0.05, 0.1) is 6.61 Å². The van der Waals surface area contributed by atoms with E-state index in [1.165, 1.54) is 5.56 Å². The quantitative estimate of drug-likeness (QED) is 0.656. The number of hydrogen-bond acceptors (Lipinski definition) is 3. The van der Waals surface area contributed by atoms with Gasteiger partial charge in [-0.1, -0.05) is 48.5 Å². The Labute approximate surface area is 139 Å². The summed E-state index contributed by atoms with van der Waals surface area (Å²) in [5, 5.41) is -0.0208. The van der Waals surface area contributed by atoms with Crippen LogP contribution in [0.3, 0.4) is 0 Å². The summed E-state index contributed by atoms with van der Waals surface area (Å²) in [6.45, 7) is 10.7. The van der Waals surface area contributed by atoms with Crippen LogP contribution in [0.5, 0.6) is 0 Å². The molecule has 120 valence electrons. The lowest BCUT2D eigenvalue weighted by Gasteiger charge is -2.20. The number of rotatable bonds is 3. The molecule has 1 rings (SSSR count). The van der Waals surface area contributed by atoms with Crippen molar-refractivity contribution in [3.63, 3.8) is 0 Å². The first-order valence-corrected chi connectivity index (χ1v) is 7.66. The Hall–Kier alpha value is -1.27. The highest BCUT2D eigenvalue weighted by molar-refractivity contribution is 7.96. The highest BCUT2D eigenvalue weighted by atomic mass is 32.1. The molecule has 0 atom stereocenters. The predicted octanol–water partition coefficient (Wildman–Crippen LogP) is 3.64. The van der Waals surface area contributed by atoms with Gasteiger partial charge in [-0.2, -0.15) is 0 Å². The molecule has 4 nitrogen and oxygen atoms in total. The van der Waals surface area contributed by atoms with E-state index in [2.05, 4.69) is 51.3 Å². The van der Waals surface area contributed by atoms with Crippen molar-refractivity contribution in [2.45, 2.75) is 27.7 Å². The van der Waals surface area contributed by atoms with Crippen molar-refractivity contribution >= 4 is 35.3 Å². The molecule has 0 unspecified atom stereocenters. The largest absolute Gasteiger partial charge is 0.471 e. The van der Waals surface area contributed by atoms with Crippen molar-refractivity contribution in [1.29, 1.82) is 0 Å². The van der Waals surface area contributed by atoms with Crippen LogP contribution in [0.15, 0.2) is 30.3 Å². The summed E-state index contributed by atoms with van der Waals surface area (Å²) in [7, 11) is 0. The zero-order valence-electron chi connectivity index (χ0n) is 13.2. The monoisotopic (exact) mass is 330 g/mol. The van der Waals surface area contributed by atoms with Gasteiger partial charge in [0, 0.05) is 13.1 Å². The van der Waals surface area contributed by atoms with Gasteiger partial charge >= 0.3 is 0 Å². The molecule has 0 aromatic heterocycles. The van der Waals surface area contributed by atoms with Crippen LogP contribution < -0.4 is 5.73 Å². The summed E-state index contributed by atoms with van der Waals surface area (Å²) < 4.78 is 5.14. The number of primary amides is 1. The van der Waals surface area contributed by atoms with Crippen LogP contribution in [0.1, 0.15) is 26.3 Å². The summed E-state index contributed by atoms with van der Waals surface area (Å²) >= 11 is 8.08. The van der Waals surface area contributed by atoms with E-state index in [-0.39, 0.29) is 0 Å². The topological polar surface area (TPSA) is 55.6 Å². The molecule has 1 aromatic rings. The minimum Gasteiger partial charge on any atom is -0.471 e. The van der Waals surface area contributed by atoms with Gasteiger partial charge in [-0.05, 0) is 39.9 Å². The molecular formula is C15H26N2O2S2. The number of amides is 1. The Morgan fingerprint density at radius 2 is 1.67 bits per heavy atom.